The molecule has 4 heteroatoms. The van der Waals surface area contributed by atoms with E-state index in [-0.39, 0.29) is 0 Å². The standard InChI is InChI=1S/C15H19N3S/c1-18(10-12-7-8-19-11-12)15-4-2-3-14(17-15)9-16-13-5-6-13/h2-4,7-8,11,13,16H,5-6,9-10H2,1H3. The Morgan fingerprint density at radius 1 is 1.37 bits per heavy atom. The molecule has 1 N–H and O–H groups in total. The first-order valence-corrected chi connectivity index (χ1v) is 7.67. The highest BCUT2D eigenvalue weighted by Gasteiger charge is 2.20. The molecule has 1 fully saturated rings. The van der Waals surface area contributed by atoms with Gasteiger partial charge in [-0.1, -0.05) is 6.07 Å². The van der Waals surface area contributed by atoms with E-state index in [0.29, 0.717) is 0 Å². The summed E-state index contributed by atoms with van der Waals surface area (Å²) in [4.78, 5) is 6.92. The molecule has 2 aromatic rings. The average Bonchev–Trinajstić information content (AvgIpc) is 3.13. The molecule has 1 aliphatic carbocycles. The van der Waals surface area contributed by atoms with Crippen LogP contribution in [0.25, 0.3) is 0 Å². The zero-order chi connectivity index (χ0) is 13.1. The van der Waals surface area contributed by atoms with Gasteiger partial charge in [0.05, 0.1) is 5.69 Å². The molecule has 0 bridgehead atoms. The molecule has 0 spiro atoms. The van der Waals surface area contributed by atoms with E-state index in [1.165, 1.54) is 18.4 Å². The quantitative estimate of drug-likeness (QED) is 0.877. The van der Waals surface area contributed by atoms with E-state index in [1.807, 2.05) is 0 Å². The molecule has 0 aliphatic heterocycles. The van der Waals surface area contributed by atoms with Crippen LogP contribution in [0, 0.1) is 0 Å². The van der Waals surface area contributed by atoms with Gasteiger partial charge in [0.25, 0.3) is 0 Å². The first-order valence-electron chi connectivity index (χ1n) is 6.73. The first-order chi connectivity index (χ1) is 9.31. The van der Waals surface area contributed by atoms with E-state index < -0.39 is 0 Å². The molecule has 19 heavy (non-hydrogen) atoms. The average molecular weight is 273 g/mol. The number of aromatic nitrogens is 1. The summed E-state index contributed by atoms with van der Waals surface area (Å²) in [7, 11) is 2.10. The number of nitrogens with zero attached hydrogens (tertiary/aromatic N) is 2. The van der Waals surface area contributed by atoms with Crippen molar-refractivity contribution in [3.05, 3.63) is 46.3 Å². The van der Waals surface area contributed by atoms with Gasteiger partial charge >= 0.3 is 0 Å². The molecule has 3 nitrogen and oxygen atoms in total. The molecule has 3 rings (SSSR count). The Kier molecular flexibility index (Phi) is 3.80. The zero-order valence-electron chi connectivity index (χ0n) is 11.2. The SMILES string of the molecule is CN(Cc1ccsc1)c1cccc(CNC2CC2)n1. The van der Waals surface area contributed by atoms with Crippen LogP contribution in [0.3, 0.4) is 0 Å². The highest BCUT2D eigenvalue weighted by Crippen LogP contribution is 2.20. The molecular weight excluding hydrogens is 254 g/mol. The van der Waals surface area contributed by atoms with Gasteiger partial charge < -0.3 is 10.2 Å². The summed E-state index contributed by atoms with van der Waals surface area (Å²) in [5, 5.41) is 7.81. The van der Waals surface area contributed by atoms with Crippen molar-refractivity contribution in [2.45, 2.75) is 32.0 Å². The van der Waals surface area contributed by atoms with Crippen LogP contribution >= 0.6 is 11.3 Å². The summed E-state index contributed by atoms with van der Waals surface area (Å²) in [5.41, 5.74) is 2.47. The third-order valence-corrected chi connectivity index (χ3v) is 4.06. The summed E-state index contributed by atoms with van der Waals surface area (Å²) in [6.07, 6.45) is 2.63. The van der Waals surface area contributed by atoms with E-state index in [4.69, 9.17) is 4.98 Å². The van der Waals surface area contributed by atoms with Crippen LogP contribution in [0.5, 0.6) is 0 Å². The summed E-state index contributed by atoms with van der Waals surface area (Å²) >= 11 is 1.74. The van der Waals surface area contributed by atoms with Crippen LogP contribution in [-0.4, -0.2) is 18.1 Å². The van der Waals surface area contributed by atoms with Crippen molar-refractivity contribution in [3.8, 4) is 0 Å². The molecule has 0 unspecified atom stereocenters. The van der Waals surface area contributed by atoms with Gasteiger partial charge in [0.2, 0.25) is 0 Å². The molecule has 100 valence electrons. The highest BCUT2D eigenvalue weighted by molar-refractivity contribution is 7.07. The topological polar surface area (TPSA) is 28.2 Å². The van der Waals surface area contributed by atoms with E-state index in [2.05, 4.69) is 52.3 Å². The van der Waals surface area contributed by atoms with Crippen LogP contribution in [0.4, 0.5) is 5.82 Å². The molecule has 0 atom stereocenters. The Balaban J connectivity index is 1.63. The number of nitrogens with one attached hydrogen (secondary N) is 1. The second-order valence-corrected chi connectivity index (χ2v) is 5.91. The second kappa shape index (κ2) is 5.72. The molecule has 2 heterocycles. The number of hydrogen-bond acceptors (Lipinski definition) is 4. The largest absolute Gasteiger partial charge is 0.355 e. The molecular formula is C15H19N3S. The number of thiophene rings is 1. The summed E-state index contributed by atoms with van der Waals surface area (Å²) in [6.45, 7) is 1.79. The van der Waals surface area contributed by atoms with E-state index in [9.17, 15) is 0 Å². The van der Waals surface area contributed by atoms with Crippen LogP contribution in [0.2, 0.25) is 0 Å². The van der Waals surface area contributed by atoms with Gasteiger partial charge in [-0.25, -0.2) is 4.98 Å². The van der Waals surface area contributed by atoms with Crippen LogP contribution < -0.4 is 10.2 Å². The number of anilines is 1. The van der Waals surface area contributed by atoms with Crippen molar-refractivity contribution in [2.24, 2.45) is 0 Å². The van der Waals surface area contributed by atoms with Crippen LogP contribution in [0.1, 0.15) is 24.1 Å². The van der Waals surface area contributed by atoms with Gasteiger partial charge in [0, 0.05) is 26.2 Å². The lowest BCUT2D eigenvalue weighted by atomic mass is 10.3. The molecule has 0 amide bonds. The van der Waals surface area contributed by atoms with Gasteiger partial charge in [0.15, 0.2) is 0 Å². The Morgan fingerprint density at radius 2 is 2.26 bits per heavy atom. The van der Waals surface area contributed by atoms with Gasteiger partial charge in [-0.15, -0.1) is 0 Å². The van der Waals surface area contributed by atoms with Gasteiger partial charge in [-0.2, -0.15) is 11.3 Å². The van der Waals surface area contributed by atoms with Gasteiger partial charge in [0.1, 0.15) is 5.82 Å². The second-order valence-electron chi connectivity index (χ2n) is 5.13. The van der Waals surface area contributed by atoms with Crippen molar-refractivity contribution >= 4 is 17.2 Å². The van der Waals surface area contributed by atoms with E-state index in [0.717, 1.165) is 30.6 Å². The number of hydrogen-bond donors (Lipinski definition) is 1. The first kappa shape index (κ1) is 12.6. The van der Waals surface area contributed by atoms with Crippen molar-refractivity contribution in [1.29, 1.82) is 0 Å². The predicted octanol–water partition coefficient (Wildman–Crippen LogP) is 3.03. The van der Waals surface area contributed by atoms with Crippen molar-refractivity contribution in [2.75, 3.05) is 11.9 Å². The fourth-order valence-corrected chi connectivity index (χ4v) is 2.71. The van der Waals surface area contributed by atoms with Crippen molar-refractivity contribution in [3.63, 3.8) is 0 Å². The zero-order valence-corrected chi connectivity index (χ0v) is 12.0. The van der Waals surface area contributed by atoms with Gasteiger partial charge in [-0.05, 0) is 47.4 Å². The summed E-state index contributed by atoms with van der Waals surface area (Å²) < 4.78 is 0. The summed E-state index contributed by atoms with van der Waals surface area (Å²) in [5.74, 6) is 1.04. The Bertz CT molecular complexity index is 520. The number of pyridine rings is 1. The maximum absolute atomic E-state index is 4.72. The van der Waals surface area contributed by atoms with Crippen molar-refractivity contribution < 1.29 is 0 Å². The lowest BCUT2D eigenvalue weighted by Crippen LogP contribution is -2.20. The molecule has 1 saturated carbocycles. The maximum Gasteiger partial charge on any atom is 0.128 e. The minimum absolute atomic E-state index is 0.731. The van der Waals surface area contributed by atoms with E-state index >= 15 is 0 Å². The third kappa shape index (κ3) is 3.55. The lowest BCUT2D eigenvalue weighted by Gasteiger charge is -2.18. The third-order valence-electron chi connectivity index (χ3n) is 3.33. The lowest BCUT2D eigenvalue weighted by molar-refractivity contribution is 0.673. The smallest absolute Gasteiger partial charge is 0.128 e. The molecule has 0 radical (unpaired) electrons. The van der Waals surface area contributed by atoms with Crippen LogP contribution in [0.15, 0.2) is 35.0 Å². The fraction of sp³-hybridized carbons (Fsp3) is 0.400. The Hall–Kier alpha value is -1.39. The Morgan fingerprint density at radius 3 is 3.00 bits per heavy atom. The Labute approximate surface area is 118 Å². The van der Waals surface area contributed by atoms with Gasteiger partial charge in [-0.3, -0.25) is 0 Å². The summed E-state index contributed by atoms with van der Waals surface area (Å²) in [6, 6.07) is 9.16. The minimum Gasteiger partial charge on any atom is -0.355 e. The van der Waals surface area contributed by atoms with Crippen LogP contribution in [-0.2, 0) is 13.1 Å². The number of rotatable bonds is 6. The van der Waals surface area contributed by atoms with E-state index in [1.54, 1.807) is 11.3 Å². The molecule has 1 aliphatic rings. The highest BCUT2D eigenvalue weighted by atomic mass is 32.1. The normalized spacial score (nSPS) is 14.6. The molecule has 0 saturated heterocycles. The molecule has 0 aromatic carbocycles. The fourth-order valence-electron chi connectivity index (χ4n) is 2.05. The minimum atomic E-state index is 0.731. The maximum atomic E-state index is 4.72. The monoisotopic (exact) mass is 273 g/mol. The molecule has 2 aromatic heterocycles. The predicted molar refractivity (Wildman–Crippen MR) is 80.5 cm³/mol. The van der Waals surface area contributed by atoms with Crippen molar-refractivity contribution in [1.82, 2.24) is 10.3 Å².